The molecule has 0 bridgehead atoms. The zero-order valence-electron chi connectivity index (χ0n) is 21.3. The molecule has 2 aliphatic rings. The van der Waals surface area contributed by atoms with Crippen LogP contribution >= 0.6 is 23.8 Å². The Bertz CT molecular complexity index is 1380. The van der Waals surface area contributed by atoms with Crippen LogP contribution in [0.4, 0.5) is 11.4 Å². The van der Waals surface area contributed by atoms with Crippen LogP contribution in [0.15, 0.2) is 72.9 Å². The number of pyridine rings is 1. The second-order valence-corrected chi connectivity index (χ2v) is 10.9. The zero-order chi connectivity index (χ0) is 26.3. The smallest absolute Gasteiger partial charge is 0.244 e. The Balaban J connectivity index is 1.56. The Labute approximate surface area is 228 Å². The Morgan fingerprint density at radius 1 is 1.16 bits per heavy atom. The molecule has 2 N–H and O–H groups in total. The molecule has 2 aromatic carbocycles. The summed E-state index contributed by atoms with van der Waals surface area (Å²) in [5, 5.41) is 7.50. The van der Waals surface area contributed by atoms with Crippen molar-refractivity contribution < 1.29 is 4.79 Å². The number of carbonyl (C=O) groups excluding carboxylic acids is 1. The van der Waals surface area contributed by atoms with Crippen molar-refractivity contribution in [3.8, 4) is 0 Å². The first-order valence-electron chi connectivity index (χ1n) is 12.3. The number of halogens is 1. The Hall–Kier alpha value is -3.42. The van der Waals surface area contributed by atoms with Crippen LogP contribution in [0.25, 0.3) is 5.57 Å². The maximum atomic E-state index is 13.1. The number of amides is 1. The van der Waals surface area contributed by atoms with Crippen LogP contribution in [-0.2, 0) is 4.79 Å². The molecule has 5 rings (SSSR count). The summed E-state index contributed by atoms with van der Waals surface area (Å²) in [6, 6.07) is 18.8. The molecule has 1 aromatic heterocycles. The first-order valence-corrected chi connectivity index (χ1v) is 13.0. The largest absolute Gasteiger partial charge is 0.365 e. The molecule has 1 amide bonds. The SMILES string of the molecule is CC1=CC(C)(C)N(C)c2cc(Cl)c([C@@H]3[C@H](c4ccccn4)NC(=S)N3CC(=O)Nc3ccccc3)cc21. The fourth-order valence-electron chi connectivity index (χ4n) is 5.21. The molecule has 0 spiro atoms. The highest BCUT2D eigenvalue weighted by Crippen LogP contribution is 2.46. The molecular formula is C29H30ClN5OS. The number of thiocarbonyl (C=S) groups is 1. The first kappa shape index (κ1) is 25.2. The van der Waals surface area contributed by atoms with Gasteiger partial charge in [-0.15, -0.1) is 0 Å². The van der Waals surface area contributed by atoms with E-state index in [0.717, 1.165) is 28.2 Å². The number of hydrogen-bond donors (Lipinski definition) is 2. The lowest BCUT2D eigenvalue weighted by molar-refractivity contribution is -0.116. The van der Waals surface area contributed by atoms with Crippen LogP contribution < -0.4 is 15.5 Å². The summed E-state index contributed by atoms with van der Waals surface area (Å²) in [5.74, 6) is -0.159. The van der Waals surface area contributed by atoms with E-state index < -0.39 is 0 Å². The number of aromatic nitrogens is 1. The molecule has 3 aromatic rings. The van der Waals surface area contributed by atoms with Crippen molar-refractivity contribution in [2.45, 2.75) is 38.4 Å². The summed E-state index contributed by atoms with van der Waals surface area (Å²) in [6.07, 6.45) is 4.03. The number of likely N-dealkylation sites (N-methyl/N-ethyl adjacent to an activating group) is 1. The van der Waals surface area contributed by atoms with Gasteiger partial charge in [-0.2, -0.15) is 0 Å². The van der Waals surface area contributed by atoms with E-state index in [1.54, 1.807) is 6.20 Å². The molecule has 1 saturated heterocycles. The number of para-hydroxylation sites is 1. The van der Waals surface area contributed by atoms with Crippen molar-refractivity contribution in [1.29, 1.82) is 0 Å². The van der Waals surface area contributed by atoms with Crippen LogP contribution in [0.5, 0.6) is 0 Å². The summed E-state index contributed by atoms with van der Waals surface area (Å²) in [4.78, 5) is 21.9. The van der Waals surface area contributed by atoms with Crippen LogP contribution in [0.2, 0.25) is 5.02 Å². The van der Waals surface area contributed by atoms with Crippen molar-refractivity contribution >= 4 is 51.8 Å². The molecule has 2 aliphatic heterocycles. The Morgan fingerprint density at radius 3 is 2.59 bits per heavy atom. The lowest BCUT2D eigenvalue weighted by Gasteiger charge is -2.41. The quantitative estimate of drug-likeness (QED) is 0.395. The standard InChI is InChI=1S/C29H30ClN5OS/c1-18-16-29(2,3)34(4)24-15-22(30)21(14-20(18)24)27-26(23-12-8-9-13-31-23)33-28(37)35(27)17-25(36)32-19-10-6-5-7-11-19/h5-16,26-27H,17H2,1-4H3,(H,32,36)(H,33,37)/t26-,27+/m0/s1. The summed E-state index contributed by atoms with van der Waals surface area (Å²) < 4.78 is 0. The van der Waals surface area contributed by atoms with E-state index in [0.29, 0.717) is 10.1 Å². The highest BCUT2D eigenvalue weighted by atomic mass is 35.5. The van der Waals surface area contributed by atoms with E-state index in [2.05, 4.69) is 60.5 Å². The average molecular weight is 532 g/mol. The maximum absolute atomic E-state index is 13.1. The molecule has 3 heterocycles. The second kappa shape index (κ2) is 9.80. The summed E-state index contributed by atoms with van der Waals surface area (Å²) in [5.41, 5.74) is 5.73. The Kier molecular flexibility index (Phi) is 6.68. The third-order valence-corrected chi connectivity index (χ3v) is 7.90. The van der Waals surface area contributed by atoms with Gasteiger partial charge in [-0.1, -0.05) is 41.9 Å². The number of hydrogen-bond acceptors (Lipinski definition) is 4. The topological polar surface area (TPSA) is 60.5 Å². The number of nitrogens with zero attached hydrogens (tertiary/aromatic N) is 3. The maximum Gasteiger partial charge on any atom is 0.244 e. The van der Waals surface area contributed by atoms with E-state index in [1.165, 1.54) is 5.57 Å². The minimum Gasteiger partial charge on any atom is -0.365 e. The average Bonchev–Trinajstić information content (AvgIpc) is 3.18. The van der Waals surface area contributed by atoms with Crippen molar-refractivity contribution in [2.75, 3.05) is 23.8 Å². The number of fused-ring (bicyclic) bond motifs is 1. The van der Waals surface area contributed by atoms with Crippen LogP contribution in [0, 0.1) is 0 Å². The number of carbonyl (C=O) groups is 1. The number of rotatable bonds is 5. The molecule has 6 nitrogen and oxygen atoms in total. The molecule has 1 fully saturated rings. The van der Waals surface area contributed by atoms with Crippen molar-refractivity contribution in [3.05, 3.63) is 94.8 Å². The van der Waals surface area contributed by atoms with Gasteiger partial charge in [-0.25, -0.2) is 0 Å². The van der Waals surface area contributed by atoms with Gasteiger partial charge in [-0.05, 0) is 80.5 Å². The minimum atomic E-state index is -0.324. The summed E-state index contributed by atoms with van der Waals surface area (Å²) in [6.45, 7) is 6.57. The molecule has 0 radical (unpaired) electrons. The molecule has 37 heavy (non-hydrogen) atoms. The summed E-state index contributed by atoms with van der Waals surface area (Å²) in [7, 11) is 2.08. The van der Waals surface area contributed by atoms with Crippen molar-refractivity contribution in [3.63, 3.8) is 0 Å². The Morgan fingerprint density at radius 2 is 1.89 bits per heavy atom. The third kappa shape index (κ3) is 4.81. The van der Waals surface area contributed by atoms with E-state index in [9.17, 15) is 4.79 Å². The summed E-state index contributed by atoms with van der Waals surface area (Å²) >= 11 is 12.8. The van der Waals surface area contributed by atoms with Crippen LogP contribution in [-0.4, -0.2) is 40.0 Å². The minimum absolute atomic E-state index is 0.0733. The molecule has 8 heteroatoms. The van der Waals surface area contributed by atoms with Gasteiger partial charge in [0.25, 0.3) is 0 Å². The van der Waals surface area contributed by atoms with Crippen molar-refractivity contribution in [1.82, 2.24) is 15.2 Å². The predicted octanol–water partition coefficient (Wildman–Crippen LogP) is 5.98. The van der Waals surface area contributed by atoms with Gasteiger partial charge in [0.15, 0.2) is 5.11 Å². The lowest BCUT2D eigenvalue weighted by Crippen LogP contribution is -2.42. The van der Waals surface area contributed by atoms with Gasteiger partial charge in [-0.3, -0.25) is 9.78 Å². The molecule has 0 unspecified atom stereocenters. The fourth-order valence-corrected chi connectivity index (χ4v) is 5.78. The molecule has 0 saturated carbocycles. The third-order valence-electron chi connectivity index (χ3n) is 7.22. The van der Waals surface area contributed by atoms with Crippen LogP contribution in [0.3, 0.4) is 0 Å². The lowest BCUT2D eigenvalue weighted by atomic mass is 9.86. The van der Waals surface area contributed by atoms with Gasteiger partial charge >= 0.3 is 0 Å². The number of anilines is 2. The molecule has 0 aliphatic carbocycles. The van der Waals surface area contributed by atoms with Crippen molar-refractivity contribution in [2.24, 2.45) is 0 Å². The van der Waals surface area contributed by atoms with Crippen LogP contribution in [0.1, 0.15) is 49.7 Å². The van der Waals surface area contributed by atoms with Gasteiger partial charge in [0.2, 0.25) is 5.91 Å². The predicted molar refractivity (Wildman–Crippen MR) is 155 cm³/mol. The van der Waals surface area contributed by atoms with E-state index in [-0.39, 0.29) is 30.1 Å². The fraction of sp³-hybridized carbons (Fsp3) is 0.276. The molecular weight excluding hydrogens is 502 g/mol. The second-order valence-electron chi connectivity index (χ2n) is 10.1. The molecule has 2 atom stereocenters. The zero-order valence-corrected chi connectivity index (χ0v) is 22.9. The first-order chi connectivity index (χ1) is 17.7. The van der Waals surface area contributed by atoms with E-state index >= 15 is 0 Å². The number of allylic oxidation sites excluding steroid dienone is 1. The highest BCUT2D eigenvalue weighted by molar-refractivity contribution is 7.80. The van der Waals surface area contributed by atoms with Gasteiger partial charge in [0.05, 0.1) is 23.3 Å². The normalized spacial score (nSPS) is 20.2. The van der Waals surface area contributed by atoms with Gasteiger partial charge in [0, 0.05) is 35.2 Å². The van der Waals surface area contributed by atoms with E-state index in [1.807, 2.05) is 59.5 Å². The van der Waals surface area contributed by atoms with Gasteiger partial charge in [0.1, 0.15) is 6.54 Å². The number of benzene rings is 2. The highest BCUT2D eigenvalue weighted by Gasteiger charge is 2.42. The number of nitrogens with one attached hydrogen (secondary N) is 2. The van der Waals surface area contributed by atoms with E-state index in [4.69, 9.17) is 23.8 Å². The monoisotopic (exact) mass is 531 g/mol. The van der Waals surface area contributed by atoms with Gasteiger partial charge < -0.3 is 20.4 Å². The molecule has 190 valence electrons.